The Morgan fingerprint density at radius 2 is 1.61 bits per heavy atom. The van der Waals surface area contributed by atoms with E-state index in [2.05, 4.69) is 0 Å². The Hall–Kier alpha value is -3.48. The van der Waals surface area contributed by atoms with E-state index in [1.54, 1.807) is 12.1 Å². The molecule has 1 unspecified atom stereocenters. The van der Waals surface area contributed by atoms with Crippen LogP contribution in [-0.4, -0.2) is 39.7 Å². The van der Waals surface area contributed by atoms with Gasteiger partial charge in [0.25, 0.3) is 11.8 Å². The largest absolute Gasteiger partial charge is 0.355 e. The Bertz CT molecular complexity index is 948. The van der Waals surface area contributed by atoms with E-state index in [4.69, 9.17) is 4.84 Å². The molecule has 7 heteroatoms. The van der Waals surface area contributed by atoms with Crippen molar-refractivity contribution in [2.45, 2.75) is 32.4 Å². The first-order chi connectivity index (χ1) is 13.5. The fraction of sp³-hybridized carbons (Fsp3) is 0.238. The molecule has 1 saturated heterocycles. The zero-order valence-corrected chi connectivity index (χ0v) is 15.3. The number of benzene rings is 2. The van der Waals surface area contributed by atoms with Gasteiger partial charge in [-0.3, -0.25) is 14.4 Å². The molecule has 1 fully saturated rings. The van der Waals surface area contributed by atoms with Crippen molar-refractivity contribution in [2.75, 3.05) is 0 Å². The first-order valence-corrected chi connectivity index (χ1v) is 9.00. The minimum atomic E-state index is -0.835. The lowest BCUT2D eigenvalue weighted by Crippen LogP contribution is -2.43. The summed E-state index contributed by atoms with van der Waals surface area (Å²) in [4.78, 5) is 56.3. The highest BCUT2D eigenvalue weighted by Gasteiger charge is 2.43. The first kappa shape index (κ1) is 17.9. The molecule has 28 heavy (non-hydrogen) atoms. The van der Waals surface area contributed by atoms with Crippen LogP contribution in [0.5, 0.6) is 0 Å². The van der Waals surface area contributed by atoms with Crippen molar-refractivity contribution >= 4 is 23.7 Å². The molecule has 0 saturated carbocycles. The maximum absolute atomic E-state index is 12.7. The van der Waals surface area contributed by atoms with E-state index in [1.807, 2.05) is 31.2 Å². The van der Waals surface area contributed by atoms with Crippen LogP contribution in [0.2, 0.25) is 0 Å². The number of likely N-dealkylation sites (tertiary alicyclic amines) is 1. The van der Waals surface area contributed by atoms with E-state index >= 15 is 0 Å². The average Bonchev–Trinajstić information content (AvgIpc) is 3.17. The van der Waals surface area contributed by atoms with Crippen LogP contribution in [0.15, 0.2) is 48.5 Å². The maximum Gasteiger partial charge on any atom is 0.355 e. The number of hydrogen-bond acceptors (Lipinski definition) is 5. The van der Waals surface area contributed by atoms with Gasteiger partial charge < -0.3 is 9.74 Å². The topological polar surface area (TPSA) is 84.0 Å². The summed E-state index contributed by atoms with van der Waals surface area (Å²) >= 11 is 0. The van der Waals surface area contributed by atoms with E-state index in [9.17, 15) is 19.2 Å². The number of carbonyl (C=O) groups excluding carboxylic acids is 4. The molecule has 7 nitrogen and oxygen atoms in total. The lowest BCUT2D eigenvalue weighted by molar-refractivity contribution is -0.175. The van der Waals surface area contributed by atoms with Gasteiger partial charge >= 0.3 is 5.97 Å². The van der Waals surface area contributed by atoms with Crippen LogP contribution in [0.4, 0.5) is 0 Å². The summed E-state index contributed by atoms with van der Waals surface area (Å²) < 4.78 is 0. The smallest absolute Gasteiger partial charge is 0.327 e. The summed E-state index contributed by atoms with van der Waals surface area (Å²) in [6.07, 6.45) is 0.500. The SMILES string of the molecule is Cc1ccc(CN2C(=O)CCC2C(=O)ON2C(=O)c3ccccc3C2=O)cc1. The molecule has 0 radical (unpaired) electrons. The fourth-order valence-corrected chi connectivity index (χ4v) is 3.47. The Kier molecular flexibility index (Phi) is 4.43. The summed E-state index contributed by atoms with van der Waals surface area (Å²) in [5, 5.41) is 0.486. The molecule has 4 rings (SSSR count). The van der Waals surface area contributed by atoms with Gasteiger partial charge in [-0.05, 0) is 31.0 Å². The van der Waals surface area contributed by atoms with Gasteiger partial charge in [0.15, 0.2) is 0 Å². The molecule has 1 atom stereocenters. The van der Waals surface area contributed by atoms with Crippen LogP contribution in [0.1, 0.15) is 44.7 Å². The third-order valence-electron chi connectivity index (χ3n) is 5.01. The van der Waals surface area contributed by atoms with Gasteiger partial charge in [-0.1, -0.05) is 47.0 Å². The average molecular weight is 378 g/mol. The first-order valence-electron chi connectivity index (χ1n) is 9.00. The number of fused-ring (bicyclic) bond motifs is 1. The van der Waals surface area contributed by atoms with Crippen molar-refractivity contribution in [1.82, 2.24) is 9.96 Å². The van der Waals surface area contributed by atoms with Crippen molar-refractivity contribution in [3.05, 3.63) is 70.8 Å². The van der Waals surface area contributed by atoms with Gasteiger partial charge in [0.2, 0.25) is 5.91 Å². The Balaban J connectivity index is 1.49. The number of hydrogen-bond donors (Lipinski definition) is 0. The second-order valence-electron chi connectivity index (χ2n) is 6.92. The number of nitrogens with zero attached hydrogens (tertiary/aromatic N) is 2. The zero-order chi connectivity index (χ0) is 19.8. The molecule has 0 bridgehead atoms. The Morgan fingerprint density at radius 1 is 1.00 bits per heavy atom. The highest BCUT2D eigenvalue weighted by molar-refractivity contribution is 6.21. The maximum atomic E-state index is 12.7. The monoisotopic (exact) mass is 378 g/mol. The fourth-order valence-electron chi connectivity index (χ4n) is 3.47. The molecule has 0 spiro atoms. The molecule has 2 aromatic carbocycles. The summed E-state index contributed by atoms with van der Waals surface area (Å²) in [5.41, 5.74) is 2.37. The number of carbonyl (C=O) groups is 4. The van der Waals surface area contributed by atoms with Crippen molar-refractivity contribution in [3.8, 4) is 0 Å². The van der Waals surface area contributed by atoms with Crippen LogP contribution >= 0.6 is 0 Å². The van der Waals surface area contributed by atoms with E-state index < -0.39 is 23.8 Å². The standard InChI is InChI=1S/C21H18N2O5/c1-13-6-8-14(9-7-13)12-22-17(10-11-18(22)24)21(27)28-23-19(25)15-4-2-3-5-16(15)20(23)26/h2-9,17H,10-12H2,1H3. The second kappa shape index (κ2) is 6.92. The van der Waals surface area contributed by atoms with Crippen LogP contribution in [0.3, 0.4) is 0 Å². The normalized spacial score (nSPS) is 18.6. The quantitative estimate of drug-likeness (QED) is 0.762. The van der Waals surface area contributed by atoms with Crippen molar-refractivity contribution < 1.29 is 24.0 Å². The molecule has 2 aliphatic heterocycles. The van der Waals surface area contributed by atoms with Gasteiger partial charge in [0.1, 0.15) is 6.04 Å². The molecular weight excluding hydrogens is 360 g/mol. The predicted molar refractivity (Wildman–Crippen MR) is 97.8 cm³/mol. The number of rotatable bonds is 4. The Morgan fingerprint density at radius 3 is 2.21 bits per heavy atom. The van der Waals surface area contributed by atoms with Crippen LogP contribution < -0.4 is 0 Å². The van der Waals surface area contributed by atoms with E-state index in [-0.39, 0.29) is 36.4 Å². The molecule has 0 aliphatic carbocycles. The molecule has 142 valence electrons. The molecule has 2 aromatic rings. The van der Waals surface area contributed by atoms with Crippen LogP contribution in [0, 0.1) is 6.92 Å². The molecule has 3 amide bonds. The van der Waals surface area contributed by atoms with Crippen molar-refractivity contribution in [3.63, 3.8) is 0 Å². The predicted octanol–water partition coefficient (Wildman–Crippen LogP) is 2.24. The second-order valence-corrected chi connectivity index (χ2v) is 6.92. The van der Waals surface area contributed by atoms with E-state index in [0.29, 0.717) is 5.06 Å². The summed E-state index contributed by atoms with van der Waals surface area (Å²) in [6, 6.07) is 13.1. The summed E-state index contributed by atoms with van der Waals surface area (Å²) in [6.45, 7) is 2.23. The van der Waals surface area contributed by atoms with Crippen LogP contribution in [-0.2, 0) is 21.0 Å². The minimum Gasteiger partial charge on any atom is -0.327 e. The molecule has 0 aromatic heterocycles. The number of amides is 3. The highest BCUT2D eigenvalue weighted by atomic mass is 16.7. The third-order valence-corrected chi connectivity index (χ3v) is 5.01. The van der Waals surface area contributed by atoms with E-state index in [0.717, 1.165) is 11.1 Å². The minimum absolute atomic E-state index is 0.162. The lowest BCUT2D eigenvalue weighted by Gasteiger charge is -2.24. The number of aryl methyl sites for hydroxylation is 1. The highest BCUT2D eigenvalue weighted by Crippen LogP contribution is 2.26. The van der Waals surface area contributed by atoms with Gasteiger partial charge in [-0.2, -0.15) is 0 Å². The summed E-state index contributed by atoms with van der Waals surface area (Å²) in [5.74, 6) is -2.30. The van der Waals surface area contributed by atoms with Gasteiger partial charge in [-0.15, -0.1) is 0 Å². The number of hydroxylamine groups is 2. The number of imide groups is 1. The summed E-state index contributed by atoms with van der Waals surface area (Å²) in [7, 11) is 0. The van der Waals surface area contributed by atoms with Gasteiger partial charge in [0, 0.05) is 13.0 Å². The Labute approximate surface area is 161 Å². The van der Waals surface area contributed by atoms with E-state index in [1.165, 1.54) is 17.0 Å². The third kappa shape index (κ3) is 3.05. The zero-order valence-electron chi connectivity index (χ0n) is 15.3. The molecule has 2 heterocycles. The lowest BCUT2D eigenvalue weighted by atomic mass is 10.1. The molecule has 2 aliphatic rings. The van der Waals surface area contributed by atoms with Gasteiger partial charge in [-0.25, -0.2) is 4.79 Å². The van der Waals surface area contributed by atoms with Crippen molar-refractivity contribution in [1.29, 1.82) is 0 Å². The van der Waals surface area contributed by atoms with Crippen molar-refractivity contribution in [2.24, 2.45) is 0 Å². The van der Waals surface area contributed by atoms with Gasteiger partial charge in [0.05, 0.1) is 11.1 Å². The molecule has 0 N–H and O–H groups in total. The molecular formula is C21H18N2O5. The van der Waals surface area contributed by atoms with Crippen LogP contribution in [0.25, 0.3) is 0 Å².